The van der Waals surface area contributed by atoms with E-state index in [1.54, 1.807) is 18.3 Å². The number of nitrogens with one attached hydrogen (secondary N) is 2. The molecule has 1 unspecified atom stereocenters. The van der Waals surface area contributed by atoms with Crippen LogP contribution in [0.15, 0.2) is 48.7 Å². The molecular formula is C18H21N3O2. The van der Waals surface area contributed by atoms with Crippen LogP contribution < -0.4 is 10.6 Å². The van der Waals surface area contributed by atoms with Gasteiger partial charge in [-0.2, -0.15) is 0 Å². The van der Waals surface area contributed by atoms with E-state index in [4.69, 9.17) is 0 Å². The summed E-state index contributed by atoms with van der Waals surface area (Å²) in [5.41, 5.74) is 2.91. The van der Waals surface area contributed by atoms with Gasteiger partial charge in [0.2, 0.25) is 0 Å². The van der Waals surface area contributed by atoms with E-state index in [0.29, 0.717) is 5.69 Å². The van der Waals surface area contributed by atoms with Gasteiger partial charge >= 0.3 is 11.8 Å². The maximum absolute atomic E-state index is 11.9. The van der Waals surface area contributed by atoms with Crippen molar-refractivity contribution < 1.29 is 9.59 Å². The fourth-order valence-electron chi connectivity index (χ4n) is 2.14. The number of pyridine rings is 1. The fraction of sp³-hybridized carbons (Fsp3) is 0.278. The van der Waals surface area contributed by atoms with E-state index >= 15 is 0 Å². The Labute approximate surface area is 136 Å². The Hall–Kier alpha value is -2.69. The highest BCUT2D eigenvalue weighted by molar-refractivity contribution is 6.35. The number of aryl methyl sites for hydroxylation is 1. The normalized spacial score (nSPS) is 11.6. The molecule has 0 spiro atoms. The highest BCUT2D eigenvalue weighted by atomic mass is 16.2. The average molecular weight is 311 g/mol. The van der Waals surface area contributed by atoms with Crippen molar-refractivity contribution in [2.24, 2.45) is 0 Å². The monoisotopic (exact) mass is 311 g/mol. The standard InChI is InChI=1S/C18H21N3O2/c1-3-14-7-9-15(10-8-14)13(2)21-18(23)17(22)20-12-16-6-4-5-11-19-16/h4-11,13H,3,12H2,1-2H3,(H,20,22)(H,21,23). The zero-order valence-corrected chi connectivity index (χ0v) is 13.4. The first-order valence-electron chi connectivity index (χ1n) is 7.67. The molecule has 120 valence electrons. The molecule has 2 amide bonds. The van der Waals surface area contributed by atoms with Gasteiger partial charge in [-0.15, -0.1) is 0 Å². The van der Waals surface area contributed by atoms with Crippen LogP contribution in [0.3, 0.4) is 0 Å². The highest BCUT2D eigenvalue weighted by Gasteiger charge is 2.16. The molecule has 0 saturated carbocycles. The van der Waals surface area contributed by atoms with Crippen LogP contribution in [0, 0.1) is 0 Å². The summed E-state index contributed by atoms with van der Waals surface area (Å²) in [7, 11) is 0. The quantitative estimate of drug-likeness (QED) is 0.831. The predicted molar refractivity (Wildman–Crippen MR) is 88.5 cm³/mol. The molecule has 1 heterocycles. The van der Waals surface area contributed by atoms with Crippen molar-refractivity contribution in [3.05, 3.63) is 65.5 Å². The molecule has 1 aromatic heterocycles. The first-order chi connectivity index (χ1) is 11.1. The Balaban J connectivity index is 1.85. The molecule has 2 rings (SSSR count). The molecule has 23 heavy (non-hydrogen) atoms. The molecule has 0 fully saturated rings. The zero-order chi connectivity index (χ0) is 16.7. The largest absolute Gasteiger partial charge is 0.342 e. The number of carbonyl (C=O) groups excluding carboxylic acids is 2. The lowest BCUT2D eigenvalue weighted by Crippen LogP contribution is -2.40. The van der Waals surface area contributed by atoms with Crippen LogP contribution in [0.4, 0.5) is 0 Å². The van der Waals surface area contributed by atoms with Gasteiger partial charge in [0.15, 0.2) is 0 Å². The number of hydrogen-bond donors (Lipinski definition) is 2. The fourth-order valence-corrected chi connectivity index (χ4v) is 2.14. The van der Waals surface area contributed by atoms with Crippen molar-refractivity contribution >= 4 is 11.8 Å². The highest BCUT2D eigenvalue weighted by Crippen LogP contribution is 2.13. The number of rotatable bonds is 5. The summed E-state index contributed by atoms with van der Waals surface area (Å²) in [6.45, 7) is 4.17. The van der Waals surface area contributed by atoms with Crippen molar-refractivity contribution in [3.63, 3.8) is 0 Å². The van der Waals surface area contributed by atoms with E-state index in [0.717, 1.165) is 12.0 Å². The molecule has 1 atom stereocenters. The summed E-state index contributed by atoms with van der Waals surface area (Å²) < 4.78 is 0. The number of benzene rings is 1. The van der Waals surface area contributed by atoms with Crippen LogP contribution in [0.1, 0.15) is 36.7 Å². The maximum Gasteiger partial charge on any atom is 0.309 e. The van der Waals surface area contributed by atoms with E-state index < -0.39 is 11.8 Å². The third kappa shape index (κ3) is 4.92. The number of carbonyl (C=O) groups is 2. The summed E-state index contributed by atoms with van der Waals surface area (Å²) in [5.74, 6) is -1.30. The van der Waals surface area contributed by atoms with Crippen molar-refractivity contribution in [1.82, 2.24) is 15.6 Å². The Bertz CT molecular complexity index is 654. The topological polar surface area (TPSA) is 71.1 Å². The first-order valence-corrected chi connectivity index (χ1v) is 7.67. The molecule has 0 aliphatic rings. The number of amides is 2. The van der Waals surface area contributed by atoms with Crippen molar-refractivity contribution in [1.29, 1.82) is 0 Å². The van der Waals surface area contributed by atoms with Gasteiger partial charge in [0.1, 0.15) is 0 Å². The Kier molecular flexibility index (Phi) is 5.86. The molecule has 5 nitrogen and oxygen atoms in total. The summed E-state index contributed by atoms with van der Waals surface area (Å²) >= 11 is 0. The van der Waals surface area contributed by atoms with Crippen LogP contribution in [-0.2, 0) is 22.6 Å². The molecular weight excluding hydrogens is 290 g/mol. The first kappa shape index (κ1) is 16.7. The number of hydrogen-bond acceptors (Lipinski definition) is 3. The molecule has 0 saturated heterocycles. The minimum Gasteiger partial charge on any atom is -0.342 e. The summed E-state index contributed by atoms with van der Waals surface area (Å²) in [4.78, 5) is 27.8. The third-order valence-corrected chi connectivity index (χ3v) is 3.60. The van der Waals surface area contributed by atoms with Crippen molar-refractivity contribution in [3.8, 4) is 0 Å². The smallest absolute Gasteiger partial charge is 0.309 e. The van der Waals surface area contributed by atoms with Gasteiger partial charge < -0.3 is 10.6 Å². The second kappa shape index (κ2) is 8.08. The lowest BCUT2D eigenvalue weighted by Gasteiger charge is -2.14. The maximum atomic E-state index is 11.9. The molecule has 1 aromatic carbocycles. The van der Waals surface area contributed by atoms with Gasteiger partial charge in [0.25, 0.3) is 0 Å². The third-order valence-electron chi connectivity index (χ3n) is 3.60. The minimum absolute atomic E-state index is 0.228. The molecule has 0 radical (unpaired) electrons. The summed E-state index contributed by atoms with van der Waals surface area (Å²) in [6.07, 6.45) is 2.61. The van der Waals surface area contributed by atoms with Crippen LogP contribution in [0.2, 0.25) is 0 Å². The lowest BCUT2D eigenvalue weighted by molar-refractivity contribution is -0.139. The molecule has 0 bridgehead atoms. The van der Waals surface area contributed by atoms with Gasteiger partial charge in [-0.1, -0.05) is 37.3 Å². The van der Waals surface area contributed by atoms with Gasteiger partial charge in [-0.25, -0.2) is 0 Å². The summed E-state index contributed by atoms with van der Waals surface area (Å²) in [6, 6.07) is 13.2. The Morgan fingerprint density at radius 3 is 2.43 bits per heavy atom. The van der Waals surface area contributed by atoms with E-state index in [2.05, 4.69) is 22.5 Å². The second-order valence-corrected chi connectivity index (χ2v) is 5.29. The van der Waals surface area contributed by atoms with E-state index in [1.165, 1.54) is 5.56 Å². The number of nitrogens with zero attached hydrogens (tertiary/aromatic N) is 1. The Morgan fingerprint density at radius 2 is 1.83 bits per heavy atom. The molecule has 0 aliphatic heterocycles. The van der Waals surface area contributed by atoms with Crippen LogP contribution in [0.5, 0.6) is 0 Å². The zero-order valence-electron chi connectivity index (χ0n) is 13.4. The van der Waals surface area contributed by atoms with Gasteiger partial charge in [-0.05, 0) is 36.6 Å². The molecule has 0 aliphatic carbocycles. The molecule has 2 N–H and O–H groups in total. The van der Waals surface area contributed by atoms with Crippen LogP contribution >= 0.6 is 0 Å². The van der Waals surface area contributed by atoms with E-state index in [-0.39, 0.29) is 12.6 Å². The Morgan fingerprint density at radius 1 is 1.09 bits per heavy atom. The molecule has 2 aromatic rings. The van der Waals surface area contributed by atoms with Gasteiger partial charge in [0.05, 0.1) is 18.3 Å². The van der Waals surface area contributed by atoms with E-state index in [9.17, 15) is 9.59 Å². The van der Waals surface area contributed by atoms with E-state index in [1.807, 2.05) is 37.3 Å². The van der Waals surface area contributed by atoms with Crippen molar-refractivity contribution in [2.75, 3.05) is 0 Å². The number of aromatic nitrogens is 1. The van der Waals surface area contributed by atoms with Crippen LogP contribution in [0.25, 0.3) is 0 Å². The van der Waals surface area contributed by atoms with Crippen LogP contribution in [-0.4, -0.2) is 16.8 Å². The molecule has 5 heteroatoms. The van der Waals surface area contributed by atoms with Gasteiger partial charge in [0, 0.05) is 6.20 Å². The average Bonchev–Trinajstić information content (AvgIpc) is 2.60. The SMILES string of the molecule is CCc1ccc(C(C)NC(=O)C(=O)NCc2ccccn2)cc1. The second-order valence-electron chi connectivity index (χ2n) is 5.29. The summed E-state index contributed by atoms with van der Waals surface area (Å²) in [5, 5.41) is 5.26. The minimum atomic E-state index is -0.660. The van der Waals surface area contributed by atoms with Gasteiger partial charge in [-0.3, -0.25) is 14.6 Å². The van der Waals surface area contributed by atoms with Crippen molar-refractivity contribution in [2.45, 2.75) is 32.9 Å². The lowest BCUT2D eigenvalue weighted by atomic mass is 10.1. The predicted octanol–water partition coefficient (Wildman–Crippen LogP) is 2.14.